The van der Waals surface area contributed by atoms with Crippen LogP contribution in [0.2, 0.25) is 0 Å². The number of amides is 1. The first-order valence-corrected chi connectivity index (χ1v) is 7.27. The van der Waals surface area contributed by atoms with Crippen molar-refractivity contribution in [1.82, 2.24) is 14.6 Å². The van der Waals surface area contributed by atoms with Crippen molar-refractivity contribution in [3.8, 4) is 5.75 Å². The highest BCUT2D eigenvalue weighted by molar-refractivity contribution is 7.15. The molecule has 7 heteroatoms. The lowest BCUT2D eigenvalue weighted by Gasteiger charge is -2.03. The van der Waals surface area contributed by atoms with E-state index >= 15 is 0 Å². The smallest absolute Gasteiger partial charge is 0.250 e. The Kier molecular flexibility index (Phi) is 3.57. The number of hydrogen-bond donors (Lipinski definition) is 1. The van der Waals surface area contributed by atoms with Crippen LogP contribution >= 0.6 is 11.3 Å². The minimum absolute atomic E-state index is 0.143. The Morgan fingerprint density at radius 2 is 2.14 bits per heavy atom. The van der Waals surface area contributed by atoms with Gasteiger partial charge in [0.05, 0.1) is 19.2 Å². The molecule has 3 aromatic rings. The minimum Gasteiger partial charge on any atom is -0.497 e. The number of carbonyl (C=O) groups is 1. The molecule has 0 bridgehead atoms. The monoisotopic (exact) mass is 302 g/mol. The number of benzene rings is 1. The van der Waals surface area contributed by atoms with Gasteiger partial charge in [0.1, 0.15) is 5.75 Å². The molecule has 0 aliphatic heterocycles. The van der Waals surface area contributed by atoms with Crippen molar-refractivity contribution in [3.05, 3.63) is 40.9 Å². The van der Waals surface area contributed by atoms with Crippen molar-refractivity contribution in [1.29, 1.82) is 0 Å². The number of rotatable bonds is 4. The van der Waals surface area contributed by atoms with E-state index in [0.717, 1.165) is 22.0 Å². The number of carbonyl (C=O) groups excluding carboxylic acids is 1. The van der Waals surface area contributed by atoms with Crippen molar-refractivity contribution in [2.24, 2.45) is 0 Å². The standard InChI is InChI=1S/C14H14N4O2S/c1-9-8-21-14-16-13(17-18(9)14)15-12(19)7-10-3-5-11(20-2)6-4-10/h3-6,8H,7H2,1-2H3,(H,15,17,19). The van der Waals surface area contributed by atoms with Crippen LogP contribution in [-0.2, 0) is 11.2 Å². The normalized spacial score (nSPS) is 10.8. The summed E-state index contributed by atoms with van der Waals surface area (Å²) < 4.78 is 6.80. The van der Waals surface area contributed by atoms with Gasteiger partial charge in [-0.3, -0.25) is 10.1 Å². The van der Waals surface area contributed by atoms with Crippen molar-refractivity contribution in [2.45, 2.75) is 13.3 Å². The first-order chi connectivity index (χ1) is 10.2. The second kappa shape index (κ2) is 5.53. The molecule has 0 unspecified atom stereocenters. The summed E-state index contributed by atoms with van der Waals surface area (Å²) in [5.41, 5.74) is 1.91. The molecule has 0 fully saturated rings. The lowest BCUT2D eigenvalue weighted by molar-refractivity contribution is -0.115. The highest BCUT2D eigenvalue weighted by atomic mass is 32.1. The Balaban J connectivity index is 1.67. The summed E-state index contributed by atoms with van der Waals surface area (Å²) in [6.45, 7) is 1.95. The third-order valence-corrected chi connectivity index (χ3v) is 3.96. The number of hydrogen-bond acceptors (Lipinski definition) is 5. The molecule has 2 aromatic heterocycles. The molecule has 0 atom stereocenters. The molecule has 1 aromatic carbocycles. The maximum atomic E-state index is 12.0. The molecule has 108 valence electrons. The highest BCUT2D eigenvalue weighted by Gasteiger charge is 2.10. The molecule has 2 heterocycles. The third-order valence-electron chi connectivity index (χ3n) is 3.02. The van der Waals surface area contributed by atoms with E-state index in [1.165, 1.54) is 11.3 Å². The lowest BCUT2D eigenvalue weighted by Crippen LogP contribution is -2.15. The van der Waals surface area contributed by atoms with Crippen LogP contribution in [0.5, 0.6) is 5.75 Å². The topological polar surface area (TPSA) is 68.5 Å². The van der Waals surface area contributed by atoms with Crippen LogP contribution in [0.3, 0.4) is 0 Å². The largest absolute Gasteiger partial charge is 0.497 e. The molecule has 3 rings (SSSR count). The SMILES string of the molecule is COc1ccc(CC(=O)Nc2nc3scc(C)n3n2)cc1. The summed E-state index contributed by atoms with van der Waals surface area (Å²) >= 11 is 1.49. The van der Waals surface area contributed by atoms with Crippen LogP contribution < -0.4 is 10.1 Å². The fraction of sp³-hybridized carbons (Fsp3) is 0.214. The van der Waals surface area contributed by atoms with E-state index in [9.17, 15) is 4.79 Å². The molecule has 1 N–H and O–H groups in total. The number of aryl methyl sites for hydroxylation is 1. The molecule has 0 aliphatic rings. The average molecular weight is 302 g/mol. The summed E-state index contributed by atoms with van der Waals surface area (Å²) in [4.78, 5) is 17.0. The third kappa shape index (κ3) is 2.87. The van der Waals surface area contributed by atoms with Gasteiger partial charge in [0.15, 0.2) is 0 Å². The highest BCUT2D eigenvalue weighted by Crippen LogP contribution is 2.16. The van der Waals surface area contributed by atoms with Crippen LogP contribution in [0.15, 0.2) is 29.6 Å². The van der Waals surface area contributed by atoms with E-state index in [4.69, 9.17) is 4.74 Å². The quantitative estimate of drug-likeness (QED) is 0.803. The Morgan fingerprint density at radius 3 is 2.81 bits per heavy atom. The van der Waals surface area contributed by atoms with Crippen LogP contribution in [0.4, 0.5) is 5.95 Å². The van der Waals surface area contributed by atoms with E-state index in [-0.39, 0.29) is 12.3 Å². The number of aromatic nitrogens is 3. The number of fused-ring (bicyclic) bond motifs is 1. The van der Waals surface area contributed by atoms with Crippen LogP contribution in [0.25, 0.3) is 4.96 Å². The number of anilines is 1. The van der Waals surface area contributed by atoms with Gasteiger partial charge in [-0.25, -0.2) is 4.52 Å². The molecule has 0 saturated carbocycles. The zero-order chi connectivity index (χ0) is 14.8. The van der Waals surface area contributed by atoms with E-state index < -0.39 is 0 Å². The van der Waals surface area contributed by atoms with Crippen molar-refractivity contribution < 1.29 is 9.53 Å². The van der Waals surface area contributed by atoms with Gasteiger partial charge in [-0.05, 0) is 24.6 Å². The molecule has 21 heavy (non-hydrogen) atoms. The van der Waals surface area contributed by atoms with Gasteiger partial charge < -0.3 is 4.74 Å². The lowest BCUT2D eigenvalue weighted by atomic mass is 10.1. The van der Waals surface area contributed by atoms with E-state index in [1.54, 1.807) is 11.6 Å². The Morgan fingerprint density at radius 1 is 1.38 bits per heavy atom. The van der Waals surface area contributed by atoms with Crippen molar-refractivity contribution >= 4 is 28.2 Å². The molecule has 6 nitrogen and oxygen atoms in total. The molecular formula is C14H14N4O2S. The van der Waals surface area contributed by atoms with Gasteiger partial charge in [0.25, 0.3) is 0 Å². The van der Waals surface area contributed by atoms with Gasteiger partial charge in [0.2, 0.25) is 16.8 Å². The van der Waals surface area contributed by atoms with E-state index in [0.29, 0.717) is 5.95 Å². The number of nitrogens with zero attached hydrogens (tertiary/aromatic N) is 3. The summed E-state index contributed by atoms with van der Waals surface area (Å²) in [5, 5.41) is 8.93. The van der Waals surface area contributed by atoms with E-state index in [2.05, 4.69) is 15.4 Å². The average Bonchev–Trinajstić information content (AvgIpc) is 3.02. The molecular weight excluding hydrogens is 288 g/mol. The van der Waals surface area contributed by atoms with E-state index in [1.807, 2.05) is 36.6 Å². The zero-order valence-corrected chi connectivity index (χ0v) is 12.5. The second-order valence-electron chi connectivity index (χ2n) is 4.58. The number of thiazole rings is 1. The number of ether oxygens (including phenoxy) is 1. The first-order valence-electron chi connectivity index (χ1n) is 6.39. The van der Waals surface area contributed by atoms with Gasteiger partial charge in [0, 0.05) is 5.38 Å². The molecule has 0 spiro atoms. The Bertz CT molecular complexity index is 776. The van der Waals surface area contributed by atoms with Crippen LogP contribution in [-0.4, -0.2) is 27.6 Å². The van der Waals surface area contributed by atoms with Gasteiger partial charge in [-0.1, -0.05) is 12.1 Å². The molecule has 0 radical (unpaired) electrons. The summed E-state index contributed by atoms with van der Waals surface area (Å²) in [6.07, 6.45) is 0.274. The molecule has 0 saturated heterocycles. The Hall–Kier alpha value is -2.41. The van der Waals surface area contributed by atoms with Crippen molar-refractivity contribution in [3.63, 3.8) is 0 Å². The first kappa shape index (κ1) is 13.6. The summed E-state index contributed by atoms with van der Waals surface area (Å²) in [6, 6.07) is 7.39. The fourth-order valence-corrected chi connectivity index (χ4v) is 2.74. The van der Waals surface area contributed by atoms with Gasteiger partial charge in [-0.15, -0.1) is 16.4 Å². The maximum Gasteiger partial charge on any atom is 0.250 e. The Labute approximate surface area is 125 Å². The maximum absolute atomic E-state index is 12.0. The molecule has 1 amide bonds. The van der Waals surface area contributed by atoms with Crippen LogP contribution in [0.1, 0.15) is 11.3 Å². The second-order valence-corrected chi connectivity index (χ2v) is 5.42. The predicted molar refractivity (Wildman–Crippen MR) is 80.9 cm³/mol. The van der Waals surface area contributed by atoms with Crippen LogP contribution in [0, 0.1) is 6.92 Å². The fourth-order valence-electron chi connectivity index (χ4n) is 1.94. The van der Waals surface area contributed by atoms with Crippen molar-refractivity contribution in [2.75, 3.05) is 12.4 Å². The minimum atomic E-state index is -0.143. The van der Waals surface area contributed by atoms with Gasteiger partial charge in [-0.2, -0.15) is 4.98 Å². The van der Waals surface area contributed by atoms with Gasteiger partial charge >= 0.3 is 0 Å². The predicted octanol–water partition coefficient (Wildman–Crippen LogP) is 2.29. The summed E-state index contributed by atoms with van der Waals surface area (Å²) in [7, 11) is 1.61. The number of nitrogens with one attached hydrogen (secondary N) is 1. The zero-order valence-electron chi connectivity index (χ0n) is 11.7. The summed E-state index contributed by atoms with van der Waals surface area (Å²) in [5.74, 6) is 0.963. The number of methoxy groups -OCH3 is 1. The molecule has 0 aliphatic carbocycles.